The Morgan fingerprint density at radius 1 is 1.27 bits per heavy atom. The molecular formula is C18H26FN3O4. The number of aliphatic hydroxyl groups excluding tert-OH is 1. The van der Waals surface area contributed by atoms with Crippen molar-refractivity contribution in [2.24, 2.45) is 0 Å². The molecule has 0 aromatic heterocycles. The molecular weight excluding hydrogens is 341 g/mol. The highest BCUT2D eigenvalue weighted by Gasteiger charge is 2.31. The van der Waals surface area contributed by atoms with Crippen LogP contribution in [0.4, 0.5) is 14.9 Å². The largest absolute Gasteiger partial charge is 0.394 e. The second-order valence-electron chi connectivity index (χ2n) is 6.26. The highest BCUT2D eigenvalue weighted by Crippen LogP contribution is 2.21. The fourth-order valence-corrected chi connectivity index (χ4v) is 2.87. The minimum Gasteiger partial charge on any atom is -0.394 e. The molecule has 3 amide bonds. The van der Waals surface area contributed by atoms with Crippen molar-refractivity contribution in [1.82, 2.24) is 10.6 Å². The summed E-state index contributed by atoms with van der Waals surface area (Å²) in [4.78, 5) is 23.3. The zero-order valence-corrected chi connectivity index (χ0v) is 14.8. The lowest BCUT2D eigenvalue weighted by Crippen LogP contribution is -2.51. The molecule has 1 aliphatic heterocycles. The molecule has 0 unspecified atom stereocenters. The maximum atomic E-state index is 12.8. The van der Waals surface area contributed by atoms with E-state index in [2.05, 4.69) is 16.0 Å². The summed E-state index contributed by atoms with van der Waals surface area (Å²) in [6, 6.07) is 4.95. The predicted molar refractivity (Wildman–Crippen MR) is 95.2 cm³/mol. The van der Waals surface area contributed by atoms with Crippen LogP contribution in [-0.4, -0.2) is 48.4 Å². The maximum Gasteiger partial charge on any atom is 0.319 e. The van der Waals surface area contributed by atoms with Crippen molar-refractivity contribution in [3.63, 3.8) is 0 Å². The molecule has 0 aliphatic carbocycles. The quantitative estimate of drug-likeness (QED) is 0.590. The number of aliphatic hydroxyl groups is 1. The molecule has 1 aliphatic rings. The maximum absolute atomic E-state index is 12.8. The first-order valence-electron chi connectivity index (χ1n) is 8.88. The van der Waals surface area contributed by atoms with Gasteiger partial charge in [0.05, 0.1) is 18.8 Å². The lowest BCUT2D eigenvalue weighted by molar-refractivity contribution is -0.128. The molecule has 1 aromatic rings. The van der Waals surface area contributed by atoms with Gasteiger partial charge in [0.25, 0.3) is 0 Å². The molecule has 0 spiro atoms. The topological polar surface area (TPSA) is 99.7 Å². The van der Waals surface area contributed by atoms with Gasteiger partial charge in [0.2, 0.25) is 5.91 Å². The van der Waals surface area contributed by atoms with E-state index in [1.807, 2.05) is 0 Å². The molecule has 1 heterocycles. The number of hydrogen-bond acceptors (Lipinski definition) is 4. The Morgan fingerprint density at radius 2 is 2.00 bits per heavy atom. The molecule has 144 valence electrons. The number of amides is 3. The fraction of sp³-hybridized carbons (Fsp3) is 0.556. The summed E-state index contributed by atoms with van der Waals surface area (Å²) in [5.74, 6) is -0.424. The Morgan fingerprint density at radius 3 is 2.65 bits per heavy atom. The number of benzene rings is 1. The number of anilines is 1. The summed E-state index contributed by atoms with van der Waals surface area (Å²) in [6.45, 7) is 2.02. The molecule has 4 N–H and O–H groups in total. The Hall–Kier alpha value is -2.19. The van der Waals surface area contributed by atoms with E-state index >= 15 is 0 Å². The van der Waals surface area contributed by atoms with E-state index < -0.39 is 6.10 Å². The van der Waals surface area contributed by atoms with Crippen LogP contribution < -0.4 is 16.0 Å². The highest BCUT2D eigenvalue weighted by molar-refractivity contribution is 5.89. The third-order valence-electron chi connectivity index (χ3n) is 4.32. The third-order valence-corrected chi connectivity index (χ3v) is 4.32. The normalized spacial score (nSPS) is 22.5. The molecule has 26 heavy (non-hydrogen) atoms. The molecule has 7 nitrogen and oxygen atoms in total. The number of ether oxygens (including phenoxy) is 1. The van der Waals surface area contributed by atoms with Crippen molar-refractivity contribution in [2.45, 2.75) is 50.9 Å². The van der Waals surface area contributed by atoms with Gasteiger partial charge in [-0.15, -0.1) is 0 Å². The van der Waals surface area contributed by atoms with Gasteiger partial charge in [0, 0.05) is 18.7 Å². The van der Waals surface area contributed by atoms with Gasteiger partial charge in [-0.2, -0.15) is 0 Å². The molecule has 1 fully saturated rings. The van der Waals surface area contributed by atoms with Gasteiger partial charge in [-0.3, -0.25) is 4.79 Å². The van der Waals surface area contributed by atoms with E-state index in [1.54, 1.807) is 6.92 Å². The summed E-state index contributed by atoms with van der Waals surface area (Å²) in [6.07, 6.45) is 1.94. The van der Waals surface area contributed by atoms with E-state index in [-0.39, 0.29) is 36.5 Å². The zero-order chi connectivity index (χ0) is 18.9. The molecule has 0 saturated carbocycles. The van der Waals surface area contributed by atoms with Crippen LogP contribution in [0.5, 0.6) is 0 Å². The van der Waals surface area contributed by atoms with Crippen LogP contribution in [0, 0.1) is 5.82 Å². The van der Waals surface area contributed by atoms with Gasteiger partial charge in [-0.05, 0) is 43.5 Å². The third kappa shape index (κ3) is 6.27. The average Bonchev–Trinajstić information content (AvgIpc) is 2.64. The van der Waals surface area contributed by atoms with Crippen LogP contribution in [0.1, 0.15) is 32.6 Å². The molecule has 0 radical (unpaired) electrons. The van der Waals surface area contributed by atoms with Gasteiger partial charge < -0.3 is 25.8 Å². The number of carbonyl (C=O) groups excluding carboxylic acids is 2. The standard InChI is InChI=1S/C18H26FN3O4/c1-2-17(24)22-15-8-7-14(26-16(15)11-23)9-10-20-18(25)21-13-5-3-12(19)4-6-13/h3-6,14-16,23H,2,7-11H2,1H3,(H,22,24)(H2,20,21,25)/t14-,15-,16+/m0/s1. The van der Waals surface area contributed by atoms with Crippen LogP contribution >= 0.6 is 0 Å². The van der Waals surface area contributed by atoms with E-state index in [0.29, 0.717) is 25.1 Å². The fourth-order valence-electron chi connectivity index (χ4n) is 2.87. The lowest BCUT2D eigenvalue weighted by atomic mass is 9.97. The molecule has 3 atom stereocenters. The smallest absolute Gasteiger partial charge is 0.319 e. The molecule has 0 bridgehead atoms. The Labute approximate surface area is 152 Å². The van der Waals surface area contributed by atoms with Crippen LogP contribution in [0.3, 0.4) is 0 Å². The van der Waals surface area contributed by atoms with E-state index in [4.69, 9.17) is 4.74 Å². The van der Waals surface area contributed by atoms with Gasteiger partial charge in [-0.25, -0.2) is 9.18 Å². The second kappa shape index (κ2) is 10.1. The zero-order valence-electron chi connectivity index (χ0n) is 14.8. The minimum absolute atomic E-state index is 0.0605. The summed E-state index contributed by atoms with van der Waals surface area (Å²) in [5.41, 5.74) is 0.507. The number of nitrogens with one attached hydrogen (secondary N) is 3. The summed E-state index contributed by atoms with van der Waals surface area (Å²) in [5, 5.41) is 17.7. The average molecular weight is 367 g/mol. The first-order valence-corrected chi connectivity index (χ1v) is 8.88. The number of hydrogen-bond donors (Lipinski definition) is 4. The van der Waals surface area contributed by atoms with Crippen LogP contribution in [-0.2, 0) is 9.53 Å². The molecule has 1 aromatic carbocycles. The van der Waals surface area contributed by atoms with Crippen LogP contribution in [0.25, 0.3) is 0 Å². The SMILES string of the molecule is CCC(=O)N[C@H]1CC[C@@H](CCNC(=O)Nc2ccc(F)cc2)O[C@@H]1CO. The van der Waals surface area contributed by atoms with Crippen molar-refractivity contribution in [1.29, 1.82) is 0 Å². The van der Waals surface area contributed by atoms with Gasteiger partial charge in [0.1, 0.15) is 11.9 Å². The Kier molecular flexibility index (Phi) is 7.80. The number of carbonyl (C=O) groups is 2. The van der Waals surface area contributed by atoms with Crippen molar-refractivity contribution in [3.8, 4) is 0 Å². The number of urea groups is 1. The van der Waals surface area contributed by atoms with E-state index in [0.717, 1.165) is 12.8 Å². The van der Waals surface area contributed by atoms with Gasteiger partial charge in [-0.1, -0.05) is 6.92 Å². The number of rotatable bonds is 7. The summed E-state index contributed by atoms with van der Waals surface area (Å²) in [7, 11) is 0. The Balaban J connectivity index is 1.70. The first-order chi connectivity index (χ1) is 12.5. The number of halogens is 1. The minimum atomic E-state index is -0.433. The van der Waals surface area contributed by atoms with Crippen molar-refractivity contribution >= 4 is 17.6 Å². The van der Waals surface area contributed by atoms with Crippen molar-refractivity contribution in [2.75, 3.05) is 18.5 Å². The predicted octanol–water partition coefficient (Wildman–Crippen LogP) is 1.77. The molecule has 8 heteroatoms. The molecule has 1 saturated heterocycles. The van der Waals surface area contributed by atoms with Crippen LogP contribution in [0.15, 0.2) is 24.3 Å². The monoisotopic (exact) mass is 367 g/mol. The summed E-state index contributed by atoms with van der Waals surface area (Å²) < 4.78 is 18.7. The molecule has 2 rings (SSSR count). The second-order valence-corrected chi connectivity index (χ2v) is 6.26. The van der Waals surface area contributed by atoms with E-state index in [9.17, 15) is 19.1 Å². The Bertz CT molecular complexity index is 597. The van der Waals surface area contributed by atoms with Crippen molar-refractivity contribution < 1.29 is 23.8 Å². The summed E-state index contributed by atoms with van der Waals surface area (Å²) >= 11 is 0. The van der Waals surface area contributed by atoms with E-state index in [1.165, 1.54) is 24.3 Å². The van der Waals surface area contributed by atoms with Crippen LogP contribution in [0.2, 0.25) is 0 Å². The lowest BCUT2D eigenvalue weighted by Gasteiger charge is -2.36. The highest BCUT2D eigenvalue weighted by atomic mass is 19.1. The van der Waals surface area contributed by atoms with Crippen molar-refractivity contribution in [3.05, 3.63) is 30.1 Å². The van der Waals surface area contributed by atoms with Gasteiger partial charge >= 0.3 is 6.03 Å². The first kappa shape index (κ1) is 20.1. The van der Waals surface area contributed by atoms with Gasteiger partial charge in [0.15, 0.2) is 0 Å².